The zero-order valence-corrected chi connectivity index (χ0v) is 13.3. The third-order valence-corrected chi connectivity index (χ3v) is 4.30. The number of nitrogens with one attached hydrogen (secondary N) is 1. The van der Waals surface area contributed by atoms with Gasteiger partial charge in [-0.15, -0.1) is 11.3 Å². The molecule has 2 aromatic heterocycles. The van der Waals surface area contributed by atoms with Gasteiger partial charge in [0.05, 0.1) is 0 Å². The molecule has 3 rings (SSSR count). The molecule has 1 aromatic carbocycles. The van der Waals surface area contributed by atoms with E-state index in [0.29, 0.717) is 12.3 Å². The van der Waals surface area contributed by atoms with E-state index in [1.165, 1.54) is 0 Å². The number of carbonyl (C=O) groups excluding carboxylic acids is 1. The molecule has 0 aliphatic heterocycles. The van der Waals surface area contributed by atoms with Gasteiger partial charge in [-0.2, -0.15) is 5.10 Å². The molecule has 23 heavy (non-hydrogen) atoms. The van der Waals surface area contributed by atoms with Gasteiger partial charge in [-0.05, 0) is 29.6 Å². The van der Waals surface area contributed by atoms with Gasteiger partial charge in [-0.25, -0.2) is 0 Å². The van der Waals surface area contributed by atoms with Crippen molar-refractivity contribution in [2.75, 3.05) is 13.2 Å². The summed E-state index contributed by atoms with van der Waals surface area (Å²) in [5.74, 6) is 0.534. The van der Waals surface area contributed by atoms with Crippen LogP contribution in [0.3, 0.4) is 0 Å². The highest BCUT2D eigenvalue weighted by Crippen LogP contribution is 2.21. The van der Waals surface area contributed by atoms with Gasteiger partial charge in [-0.1, -0.05) is 24.3 Å². The Labute approximate surface area is 138 Å². The molecular formula is C17H17N3O2S. The van der Waals surface area contributed by atoms with Crippen molar-refractivity contribution >= 4 is 17.2 Å². The molecule has 0 saturated carbocycles. The van der Waals surface area contributed by atoms with Crippen molar-refractivity contribution in [2.24, 2.45) is 0 Å². The maximum absolute atomic E-state index is 12.0. The van der Waals surface area contributed by atoms with E-state index in [9.17, 15) is 4.79 Å². The van der Waals surface area contributed by atoms with Crippen molar-refractivity contribution < 1.29 is 9.53 Å². The standard InChI is InChI=1S/C17H17N3O2S/c21-17(13-22-14-6-2-1-3-7-14)18-12-15(16-8-4-11-23-16)20-10-5-9-19-20/h1-11,15H,12-13H2,(H,18,21). The summed E-state index contributed by atoms with van der Waals surface area (Å²) in [6.45, 7) is 0.472. The number of amides is 1. The van der Waals surface area contributed by atoms with Crippen molar-refractivity contribution in [3.8, 4) is 5.75 Å². The number of benzene rings is 1. The van der Waals surface area contributed by atoms with E-state index in [1.807, 2.05) is 64.8 Å². The summed E-state index contributed by atoms with van der Waals surface area (Å²) in [7, 11) is 0. The maximum atomic E-state index is 12.0. The summed E-state index contributed by atoms with van der Waals surface area (Å²) in [5, 5.41) is 9.22. The smallest absolute Gasteiger partial charge is 0.258 e. The van der Waals surface area contributed by atoms with Crippen LogP contribution in [-0.2, 0) is 4.79 Å². The highest BCUT2D eigenvalue weighted by atomic mass is 32.1. The molecule has 1 atom stereocenters. The fourth-order valence-corrected chi connectivity index (χ4v) is 3.02. The molecular weight excluding hydrogens is 310 g/mol. The number of hydrogen-bond donors (Lipinski definition) is 1. The molecule has 0 aliphatic carbocycles. The Balaban J connectivity index is 1.55. The van der Waals surface area contributed by atoms with Crippen molar-refractivity contribution in [3.05, 3.63) is 71.2 Å². The summed E-state index contributed by atoms with van der Waals surface area (Å²) < 4.78 is 7.30. The number of carbonyl (C=O) groups is 1. The molecule has 0 spiro atoms. The zero-order valence-electron chi connectivity index (χ0n) is 12.5. The largest absolute Gasteiger partial charge is 0.484 e. The van der Waals surface area contributed by atoms with Gasteiger partial charge in [0.25, 0.3) is 5.91 Å². The van der Waals surface area contributed by atoms with Crippen LogP contribution in [0.2, 0.25) is 0 Å². The van der Waals surface area contributed by atoms with Gasteiger partial charge < -0.3 is 10.1 Å². The number of ether oxygens (including phenoxy) is 1. The number of hydrogen-bond acceptors (Lipinski definition) is 4. The fourth-order valence-electron chi connectivity index (χ4n) is 2.20. The first-order valence-electron chi connectivity index (χ1n) is 7.30. The Kier molecular flexibility index (Phi) is 5.06. The Morgan fingerprint density at radius 3 is 2.78 bits per heavy atom. The summed E-state index contributed by atoms with van der Waals surface area (Å²) in [4.78, 5) is 13.1. The van der Waals surface area contributed by atoms with Gasteiger partial charge in [0, 0.05) is 23.8 Å². The predicted octanol–water partition coefficient (Wildman–Crippen LogP) is 2.73. The third-order valence-electron chi connectivity index (χ3n) is 3.32. The topological polar surface area (TPSA) is 56.1 Å². The minimum absolute atomic E-state index is 0.000279. The van der Waals surface area contributed by atoms with Crippen molar-refractivity contribution in [3.63, 3.8) is 0 Å². The van der Waals surface area contributed by atoms with E-state index in [1.54, 1.807) is 17.5 Å². The molecule has 2 heterocycles. The van der Waals surface area contributed by atoms with Crippen LogP contribution in [0.1, 0.15) is 10.9 Å². The van der Waals surface area contributed by atoms with Crippen molar-refractivity contribution in [2.45, 2.75) is 6.04 Å². The van der Waals surface area contributed by atoms with Gasteiger partial charge in [0.1, 0.15) is 11.8 Å². The second kappa shape index (κ2) is 7.60. The molecule has 1 unspecified atom stereocenters. The molecule has 0 saturated heterocycles. The normalized spacial score (nSPS) is 11.8. The molecule has 5 nitrogen and oxygen atoms in total. The monoisotopic (exact) mass is 327 g/mol. The van der Waals surface area contributed by atoms with E-state index in [0.717, 1.165) is 4.88 Å². The summed E-state index contributed by atoms with van der Waals surface area (Å²) in [5.41, 5.74) is 0. The second-order valence-corrected chi connectivity index (χ2v) is 5.90. The first kappa shape index (κ1) is 15.3. The molecule has 0 bridgehead atoms. The van der Waals surface area contributed by atoms with Crippen LogP contribution in [-0.4, -0.2) is 28.8 Å². The Bertz CT molecular complexity index is 677. The van der Waals surface area contributed by atoms with Crippen LogP contribution in [0.15, 0.2) is 66.3 Å². The van der Waals surface area contributed by atoms with Crippen LogP contribution >= 0.6 is 11.3 Å². The first-order chi connectivity index (χ1) is 11.3. The third kappa shape index (κ3) is 4.20. The quantitative estimate of drug-likeness (QED) is 0.726. The average Bonchev–Trinajstić information content (AvgIpc) is 3.28. The van der Waals surface area contributed by atoms with E-state index >= 15 is 0 Å². The summed E-state index contributed by atoms with van der Waals surface area (Å²) >= 11 is 1.65. The van der Waals surface area contributed by atoms with E-state index in [-0.39, 0.29) is 18.6 Å². The lowest BCUT2D eigenvalue weighted by Gasteiger charge is -2.17. The van der Waals surface area contributed by atoms with Gasteiger partial charge >= 0.3 is 0 Å². The summed E-state index contributed by atoms with van der Waals surface area (Å²) in [6, 6.07) is 15.2. The van der Waals surface area contributed by atoms with E-state index in [4.69, 9.17) is 4.74 Å². The van der Waals surface area contributed by atoms with Crippen molar-refractivity contribution in [1.82, 2.24) is 15.1 Å². The zero-order chi connectivity index (χ0) is 15.9. The number of thiophene rings is 1. The molecule has 3 aromatic rings. The van der Waals surface area contributed by atoms with Gasteiger partial charge in [0.15, 0.2) is 6.61 Å². The Morgan fingerprint density at radius 1 is 1.22 bits per heavy atom. The van der Waals surface area contributed by atoms with Crippen LogP contribution < -0.4 is 10.1 Å². The van der Waals surface area contributed by atoms with E-state index < -0.39 is 0 Å². The predicted molar refractivity (Wildman–Crippen MR) is 89.6 cm³/mol. The number of aromatic nitrogens is 2. The Morgan fingerprint density at radius 2 is 2.09 bits per heavy atom. The van der Waals surface area contributed by atoms with Crippen LogP contribution in [0.5, 0.6) is 5.75 Å². The average molecular weight is 327 g/mol. The number of para-hydroxylation sites is 1. The number of nitrogens with zero attached hydrogens (tertiary/aromatic N) is 2. The minimum Gasteiger partial charge on any atom is -0.484 e. The molecule has 118 valence electrons. The minimum atomic E-state index is -0.150. The summed E-state index contributed by atoms with van der Waals surface area (Å²) in [6.07, 6.45) is 3.64. The molecule has 1 amide bonds. The van der Waals surface area contributed by atoms with Crippen LogP contribution in [0, 0.1) is 0 Å². The van der Waals surface area contributed by atoms with Crippen LogP contribution in [0.25, 0.3) is 0 Å². The maximum Gasteiger partial charge on any atom is 0.258 e. The molecule has 6 heteroatoms. The molecule has 0 aliphatic rings. The van der Waals surface area contributed by atoms with Gasteiger partial charge in [-0.3, -0.25) is 9.48 Å². The first-order valence-corrected chi connectivity index (χ1v) is 8.18. The SMILES string of the molecule is O=C(COc1ccccc1)NCC(c1cccs1)n1cccn1. The van der Waals surface area contributed by atoms with Crippen LogP contribution in [0.4, 0.5) is 0 Å². The highest BCUT2D eigenvalue weighted by molar-refractivity contribution is 7.10. The lowest BCUT2D eigenvalue weighted by Crippen LogP contribution is -2.34. The molecule has 1 N–H and O–H groups in total. The lowest BCUT2D eigenvalue weighted by molar-refractivity contribution is -0.123. The molecule has 0 fully saturated rings. The number of rotatable bonds is 7. The lowest BCUT2D eigenvalue weighted by atomic mass is 10.2. The second-order valence-electron chi connectivity index (χ2n) is 4.92. The van der Waals surface area contributed by atoms with E-state index in [2.05, 4.69) is 10.4 Å². The van der Waals surface area contributed by atoms with Gasteiger partial charge in [0.2, 0.25) is 0 Å². The van der Waals surface area contributed by atoms with Crippen molar-refractivity contribution in [1.29, 1.82) is 0 Å². The Hall–Kier alpha value is -2.60. The molecule has 0 radical (unpaired) electrons. The highest BCUT2D eigenvalue weighted by Gasteiger charge is 2.16. The fraction of sp³-hybridized carbons (Fsp3) is 0.176.